The highest BCUT2D eigenvalue weighted by molar-refractivity contribution is 6.04. The van der Waals surface area contributed by atoms with Crippen molar-refractivity contribution in [3.05, 3.63) is 24.0 Å². The van der Waals surface area contributed by atoms with Crippen LogP contribution in [0.1, 0.15) is 55.9 Å². The number of unbranched alkanes of at least 4 members (excludes halogenated alkanes) is 1. The fourth-order valence-corrected chi connectivity index (χ4v) is 4.48. The predicted molar refractivity (Wildman–Crippen MR) is 104 cm³/mol. The number of carbonyl (C=O) groups excluding carboxylic acids is 3. The van der Waals surface area contributed by atoms with E-state index < -0.39 is 18.6 Å². The van der Waals surface area contributed by atoms with Gasteiger partial charge in [0.15, 0.2) is 17.2 Å². The number of carbonyl (C=O) groups is 3. The van der Waals surface area contributed by atoms with Gasteiger partial charge in [-0.25, -0.2) is 9.67 Å². The maximum Gasteiger partial charge on any atom is 0.389 e. The van der Waals surface area contributed by atoms with E-state index in [2.05, 4.69) is 10.1 Å². The monoisotopic (exact) mass is 436 g/mol. The van der Waals surface area contributed by atoms with Gasteiger partial charge >= 0.3 is 6.18 Å². The SMILES string of the molecule is CC(=O)c1nn(CC(=O)N2[C@@H]3C[C@@H]3C[C@H]2C(=O)CCCCC(F)(F)F)c2ncccc12. The number of piperidine rings is 1. The first-order chi connectivity index (χ1) is 14.7. The zero-order valence-corrected chi connectivity index (χ0v) is 17.1. The topological polar surface area (TPSA) is 85.2 Å². The number of aromatic nitrogens is 3. The standard InChI is InChI=1S/C21H23F3N4O3/c1-12(29)19-14-5-4-8-25-20(14)27(26-19)11-18(31)28-15-9-13(15)10-16(28)17(30)6-2-3-7-21(22,23)24/h4-5,8,13,15-16H,2-3,6-7,9-11H2,1H3/t13-,15-,16+/m1/s1. The molecular formula is C21H23F3N4O3. The van der Waals surface area contributed by atoms with Crippen molar-refractivity contribution in [3.8, 4) is 0 Å². The number of halogens is 3. The number of ketones is 2. The van der Waals surface area contributed by atoms with Crippen LogP contribution in [-0.4, -0.2) is 55.4 Å². The Bertz CT molecular complexity index is 1030. The molecule has 166 valence electrons. The number of Topliss-reactive ketones (excluding diaryl/α,β-unsaturated/α-hetero) is 2. The molecule has 7 nitrogen and oxygen atoms in total. The molecule has 10 heteroatoms. The number of pyridine rings is 1. The summed E-state index contributed by atoms with van der Waals surface area (Å²) in [5.74, 6) is -0.438. The summed E-state index contributed by atoms with van der Waals surface area (Å²) in [6.45, 7) is 1.24. The molecule has 0 aromatic carbocycles. The van der Waals surface area contributed by atoms with Gasteiger partial charge < -0.3 is 4.90 Å². The van der Waals surface area contributed by atoms with E-state index in [1.165, 1.54) is 11.6 Å². The number of amides is 1. The molecule has 1 saturated heterocycles. The first-order valence-corrected chi connectivity index (χ1v) is 10.4. The molecule has 1 aliphatic heterocycles. The van der Waals surface area contributed by atoms with Crippen molar-refractivity contribution in [2.24, 2.45) is 5.92 Å². The summed E-state index contributed by atoms with van der Waals surface area (Å²) >= 11 is 0. The second-order valence-corrected chi connectivity index (χ2v) is 8.34. The Balaban J connectivity index is 1.45. The quantitative estimate of drug-likeness (QED) is 0.468. The second kappa shape index (κ2) is 8.05. The Hall–Kier alpha value is -2.78. The van der Waals surface area contributed by atoms with E-state index in [0.717, 1.165) is 6.42 Å². The minimum atomic E-state index is -4.22. The van der Waals surface area contributed by atoms with Crippen LogP contribution in [0.4, 0.5) is 13.2 Å². The van der Waals surface area contributed by atoms with Crippen LogP contribution >= 0.6 is 0 Å². The van der Waals surface area contributed by atoms with Gasteiger partial charge in [0.1, 0.15) is 12.2 Å². The highest BCUT2D eigenvalue weighted by Gasteiger charge is 2.55. The molecule has 4 rings (SSSR count). The van der Waals surface area contributed by atoms with Crippen LogP contribution < -0.4 is 0 Å². The summed E-state index contributed by atoms with van der Waals surface area (Å²) in [4.78, 5) is 43.5. The largest absolute Gasteiger partial charge is 0.389 e. The fraction of sp³-hybridized carbons (Fsp3) is 0.571. The first kappa shape index (κ1) is 21.5. The van der Waals surface area contributed by atoms with Gasteiger partial charge in [-0.2, -0.15) is 18.3 Å². The van der Waals surface area contributed by atoms with Gasteiger partial charge in [-0.1, -0.05) is 0 Å². The third kappa shape index (κ3) is 4.47. The minimum absolute atomic E-state index is 0.00121. The zero-order chi connectivity index (χ0) is 22.3. The molecule has 0 unspecified atom stereocenters. The lowest BCUT2D eigenvalue weighted by atomic mass is 10.0. The van der Waals surface area contributed by atoms with Crippen molar-refractivity contribution < 1.29 is 27.6 Å². The summed E-state index contributed by atoms with van der Waals surface area (Å²) in [7, 11) is 0. The van der Waals surface area contributed by atoms with Crippen molar-refractivity contribution in [1.82, 2.24) is 19.7 Å². The van der Waals surface area contributed by atoms with Crippen LogP contribution in [0.3, 0.4) is 0 Å². The summed E-state index contributed by atoms with van der Waals surface area (Å²) in [6.07, 6.45) is -2.09. The van der Waals surface area contributed by atoms with Gasteiger partial charge in [-0.15, -0.1) is 0 Å². The lowest BCUT2D eigenvalue weighted by molar-refractivity contribution is -0.140. The maximum absolute atomic E-state index is 13.1. The molecule has 31 heavy (non-hydrogen) atoms. The zero-order valence-electron chi connectivity index (χ0n) is 17.1. The van der Waals surface area contributed by atoms with Crippen LogP contribution in [0.5, 0.6) is 0 Å². The average molecular weight is 436 g/mol. The highest BCUT2D eigenvalue weighted by atomic mass is 19.4. The van der Waals surface area contributed by atoms with Gasteiger partial charge in [-0.05, 0) is 43.7 Å². The normalized spacial score (nSPS) is 22.6. The number of alkyl halides is 3. The molecule has 1 amide bonds. The van der Waals surface area contributed by atoms with Crippen LogP contribution in [0.25, 0.3) is 11.0 Å². The number of rotatable bonds is 8. The molecule has 2 fully saturated rings. The van der Waals surface area contributed by atoms with Gasteiger partial charge in [0.2, 0.25) is 5.91 Å². The van der Waals surface area contributed by atoms with Crippen molar-refractivity contribution >= 4 is 28.5 Å². The number of fused-ring (bicyclic) bond motifs is 2. The molecule has 0 N–H and O–H groups in total. The third-order valence-electron chi connectivity index (χ3n) is 6.02. The minimum Gasteiger partial charge on any atom is -0.328 e. The van der Waals surface area contributed by atoms with Crippen molar-refractivity contribution in [2.75, 3.05) is 0 Å². The number of likely N-dealkylation sites (tertiary alicyclic amines) is 1. The highest BCUT2D eigenvalue weighted by Crippen LogP contribution is 2.48. The lowest BCUT2D eigenvalue weighted by Crippen LogP contribution is -2.44. The molecule has 3 heterocycles. The molecule has 3 atom stereocenters. The molecular weight excluding hydrogens is 413 g/mol. The third-order valence-corrected chi connectivity index (χ3v) is 6.02. The molecule has 0 bridgehead atoms. The van der Waals surface area contributed by atoms with E-state index in [-0.39, 0.29) is 60.9 Å². The Labute approximate surface area is 176 Å². The molecule has 0 spiro atoms. The number of hydrogen-bond acceptors (Lipinski definition) is 5. The molecule has 2 aromatic rings. The van der Waals surface area contributed by atoms with Crippen molar-refractivity contribution in [3.63, 3.8) is 0 Å². The van der Waals surface area contributed by atoms with E-state index in [4.69, 9.17) is 0 Å². The van der Waals surface area contributed by atoms with E-state index in [9.17, 15) is 27.6 Å². The maximum atomic E-state index is 13.1. The Kier molecular flexibility index (Phi) is 5.57. The average Bonchev–Trinajstić information content (AvgIpc) is 3.20. The molecule has 0 radical (unpaired) electrons. The van der Waals surface area contributed by atoms with Crippen LogP contribution in [0.15, 0.2) is 18.3 Å². The Morgan fingerprint density at radius 3 is 2.68 bits per heavy atom. The molecule has 1 aliphatic carbocycles. The lowest BCUT2D eigenvalue weighted by Gasteiger charge is -2.26. The molecule has 1 saturated carbocycles. The fourth-order valence-electron chi connectivity index (χ4n) is 4.48. The summed E-state index contributed by atoms with van der Waals surface area (Å²) in [6, 6.07) is 2.81. The smallest absolute Gasteiger partial charge is 0.328 e. The van der Waals surface area contributed by atoms with Crippen molar-refractivity contribution in [2.45, 2.75) is 70.3 Å². The summed E-state index contributed by atoms with van der Waals surface area (Å²) in [5.41, 5.74) is 0.654. The van der Waals surface area contributed by atoms with Crippen LogP contribution in [0, 0.1) is 5.92 Å². The van der Waals surface area contributed by atoms with Gasteiger partial charge in [0.25, 0.3) is 0 Å². The van der Waals surface area contributed by atoms with E-state index in [1.54, 1.807) is 23.2 Å². The second-order valence-electron chi connectivity index (χ2n) is 8.34. The van der Waals surface area contributed by atoms with E-state index in [1.807, 2.05) is 0 Å². The predicted octanol–water partition coefficient (Wildman–Crippen LogP) is 3.32. The van der Waals surface area contributed by atoms with E-state index >= 15 is 0 Å². The van der Waals surface area contributed by atoms with Crippen molar-refractivity contribution in [1.29, 1.82) is 0 Å². The summed E-state index contributed by atoms with van der Waals surface area (Å²) in [5, 5.41) is 4.82. The van der Waals surface area contributed by atoms with E-state index in [0.29, 0.717) is 17.5 Å². The number of hydrogen-bond donors (Lipinski definition) is 0. The first-order valence-electron chi connectivity index (χ1n) is 10.4. The van der Waals surface area contributed by atoms with Gasteiger partial charge in [0.05, 0.1) is 11.4 Å². The summed E-state index contributed by atoms with van der Waals surface area (Å²) < 4.78 is 38.3. The Morgan fingerprint density at radius 1 is 1.19 bits per heavy atom. The van der Waals surface area contributed by atoms with Crippen LogP contribution in [0.2, 0.25) is 0 Å². The van der Waals surface area contributed by atoms with Crippen LogP contribution in [-0.2, 0) is 16.1 Å². The molecule has 2 aromatic heterocycles. The number of nitrogens with zero attached hydrogens (tertiary/aromatic N) is 4. The van der Waals surface area contributed by atoms with Gasteiger partial charge in [-0.3, -0.25) is 14.4 Å². The Morgan fingerprint density at radius 2 is 1.97 bits per heavy atom. The molecule has 2 aliphatic rings. The van der Waals surface area contributed by atoms with Gasteiger partial charge in [0, 0.05) is 32.0 Å².